The van der Waals surface area contributed by atoms with Gasteiger partial charge < -0.3 is 10.0 Å². The molecule has 1 amide bonds. The van der Waals surface area contributed by atoms with Crippen molar-refractivity contribution >= 4 is 11.9 Å². The Morgan fingerprint density at radius 1 is 1.47 bits per heavy atom. The van der Waals surface area contributed by atoms with E-state index in [1.807, 2.05) is 25.7 Å². The molecule has 1 aliphatic heterocycles. The second-order valence-electron chi connectivity index (χ2n) is 5.63. The molecule has 0 spiro atoms. The van der Waals surface area contributed by atoms with E-state index in [-0.39, 0.29) is 24.3 Å². The first-order valence-corrected chi connectivity index (χ1v) is 6.32. The molecule has 2 unspecified atom stereocenters. The van der Waals surface area contributed by atoms with Crippen LogP contribution in [0.25, 0.3) is 0 Å². The molecule has 0 aromatic rings. The van der Waals surface area contributed by atoms with Crippen LogP contribution in [0.1, 0.15) is 47.0 Å². The van der Waals surface area contributed by atoms with Crippen LogP contribution in [0.15, 0.2) is 0 Å². The number of aliphatic carboxylic acids is 1. The van der Waals surface area contributed by atoms with Crippen LogP contribution in [-0.2, 0) is 9.59 Å². The SMILES string of the molecule is CC1CCCN1C(=O)CC(C)(C(=O)O)C(C)C. The smallest absolute Gasteiger partial charge is 0.310 e. The molecule has 0 aliphatic carbocycles. The van der Waals surface area contributed by atoms with Crippen LogP contribution in [0, 0.1) is 11.3 Å². The first kappa shape index (κ1) is 14.0. The van der Waals surface area contributed by atoms with E-state index in [0.717, 1.165) is 19.4 Å². The van der Waals surface area contributed by atoms with Crippen LogP contribution in [0.4, 0.5) is 0 Å². The monoisotopic (exact) mass is 241 g/mol. The Labute approximate surface area is 103 Å². The highest BCUT2D eigenvalue weighted by molar-refractivity contribution is 5.85. The Morgan fingerprint density at radius 2 is 2.06 bits per heavy atom. The van der Waals surface area contributed by atoms with Crippen molar-refractivity contribution in [3.63, 3.8) is 0 Å². The Balaban J connectivity index is 2.74. The Morgan fingerprint density at radius 3 is 2.41 bits per heavy atom. The first-order valence-electron chi connectivity index (χ1n) is 6.32. The zero-order valence-electron chi connectivity index (χ0n) is 11.2. The zero-order valence-corrected chi connectivity index (χ0v) is 11.2. The predicted octanol–water partition coefficient (Wildman–Crippen LogP) is 2.13. The third-order valence-corrected chi connectivity index (χ3v) is 4.15. The lowest BCUT2D eigenvalue weighted by Gasteiger charge is -2.31. The van der Waals surface area contributed by atoms with Crippen molar-refractivity contribution in [3.8, 4) is 0 Å². The Hall–Kier alpha value is -1.06. The molecule has 17 heavy (non-hydrogen) atoms. The summed E-state index contributed by atoms with van der Waals surface area (Å²) < 4.78 is 0. The molecular formula is C13H23NO3. The van der Waals surface area contributed by atoms with Gasteiger partial charge in [-0.15, -0.1) is 0 Å². The molecule has 1 fully saturated rings. The van der Waals surface area contributed by atoms with Gasteiger partial charge in [-0.25, -0.2) is 0 Å². The normalized spacial score (nSPS) is 23.8. The minimum absolute atomic E-state index is 0.0198. The van der Waals surface area contributed by atoms with E-state index in [2.05, 4.69) is 0 Å². The zero-order chi connectivity index (χ0) is 13.2. The van der Waals surface area contributed by atoms with Gasteiger partial charge >= 0.3 is 5.97 Å². The number of rotatable bonds is 4. The number of hydrogen-bond donors (Lipinski definition) is 1. The fraction of sp³-hybridized carbons (Fsp3) is 0.846. The fourth-order valence-corrected chi connectivity index (χ4v) is 2.25. The lowest BCUT2D eigenvalue weighted by Crippen LogP contribution is -2.42. The van der Waals surface area contributed by atoms with E-state index in [4.69, 9.17) is 0 Å². The van der Waals surface area contributed by atoms with E-state index >= 15 is 0 Å². The van der Waals surface area contributed by atoms with Gasteiger partial charge in [0.15, 0.2) is 0 Å². The maximum Gasteiger partial charge on any atom is 0.310 e. The maximum atomic E-state index is 12.1. The summed E-state index contributed by atoms with van der Waals surface area (Å²) in [4.78, 5) is 25.3. The van der Waals surface area contributed by atoms with Crippen molar-refractivity contribution in [1.29, 1.82) is 0 Å². The fourth-order valence-electron chi connectivity index (χ4n) is 2.25. The topological polar surface area (TPSA) is 57.6 Å². The van der Waals surface area contributed by atoms with Crippen molar-refractivity contribution in [2.45, 2.75) is 53.0 Å². The molecule has 4 nitrogen and oxygen atoms in total. The van der Waals surface area contributed by atoms with Gasteiger partial charge in [-0.3, -0.25) is 9.59 Å². The van der Waals surface area contributed by atoms with Gasteiger partial charge in [0.25, 0.3) is 0 Å². The second-order valence-corrected chi connectivity index (χ2v) is 5.63. The van der Waals surface area contributed by atoms with Crippen LogP contribution in [0.3, 0.4) is 0 Å². The maximum absolute atomic E-state index is 12.1. The molecule has 0 saturated carbocycles. The van der Waals surface area contributed by atoms with Crippen LogP contribution in [0.5, 0.6) is 0 Å². The van der Waals surface area contributed by atoms with Crippen molar-refractivity contribution in [1.82, 2.24) is 4.90 Å². The Bertz CT molecular complexity index is 314. The molecule has 0 aromatic heterocycles. The van der Waals surface area contributed by atoms with Gasteiger partial charge in [0, 0.05) is 19.0 Å². The number of nitrogens with zero attached hydrogens (tertiary/aromatic N) is 1. The van der Waals surface area contributed by atoms with Gasteiger partial charge in [-0.05, 0) is 32.6 Å². The highest BCUT2D eigenvalue weighted by atomic mass is 16.4. The van der Waals surface area contributed by atoms with Gasteiger partial charge in [-0.2, -0.15) is 0 Å². The van der Waals surface area contributed by atoms with Gasteiger partial charge in [0.1, 0.15) is 0 Å². The van der Waals surface area contributed by atoms with E-state index in [9.17, 15) is 14.7 Å². The molecule has 4 heteroatoms. The first-order chi connectivity index (χ1) is 7.79. The van der Waals surface area contributed by atoms with Crippen LogP contribution in [0.2, 0.25) is 0 Å². The third-order valence-electron chi connectivity index (χ3n) is 4.15. The van der Waals surface area contributed by atoms with E-state index in [1.54, 1.807) is 6.92 Å². The summed E-state index contributed by atoms with van der Waals surface area (Å²) in [5.41, 5.74) is -0.959. The summed E-state index contributed by atoms with van der Waals surface area (Å²) in [7, 11) is 0. The summed E-state index contributed by atoms with van der Waals surface area (Å²) in [5, 5.41) is 9.29. The molecule has 0 bridgehead atoms. The molecule has 1 heterocycles. The van der Waals surface area contributed by atoms with Gasteiger partial charge in [-0.1, -0.05) is 13.8 Å². The summed E-state index contributed by atoms with van der Waals surface area (Å²) in [5.74, 6) is -0.955. The molecule has 1 saturated heterocycles. The second kappa shape index (κ2) is 5.07. The average Bonchev–Trinajstić information content (AvgIpc) is 2.63. The van der Waals surface area contributed by atoms with Crippen molar-refractivity contribution in [2.75, 3.05) is 6.54 Å². The summed E-state index contributed by atoms with van der Waals surface area (Å²) in [6.45, 7) is 8.18. The quantitative estimate of drug-likeness (QED) is 0.820. The highest BCUT2D eigenvalue weighted by Gasteiger charge is 2.40. The summed E-state index contributed by atoms with van der Waals surface area (Å²) >= 11 is 0. The number of carboxylic acids is 1. The lowest BCUT2D eigenvalue weighted by molar-refractivity contribution is -0.155. The molecule has 1 rings (SSSR count). The standard InChI is InChI=1S/C13H23NO3/c1-9(2)13(4,12(16)17)8-11(15)14-7-5-6-10(14)3/h9-10H,5-8H2,1-4H3,(H,16,17). The summed E-state index contributed by atoms with van der Waals surface area (Å²) in [6, 6.07) is 0.257. The molecule has 0 aromatic carbocycles. The predicted molar refractivity (Wildman–Crippen MR) is 65.6 cm³/mol. The molecule has 1 N–H and O–H groups in total. The molecule has 1 aliphatic rings. The molecule has 2 atom stereocenters. The number of hydrogen-bond acceptors (Lipinski definition) is 2. The minimum Gasteiger partial charge on any atom is -0.481 e. The largest absolute Gasteiger partial charge is 0.481 e. The third kappa shape index (κ3) is 2.79. The van der Waals surface area contributed by atoms with Crippen LogP contribution >= 0.6 is 0 Å². The average molecular weight is 241 g/mol. The molecule has 98 valence electrons. The van der Waals surface area contributed by atoms with E-state index in [0.29, 0.717) is 0 Å². The van der Waals surface area contributed by atoms with Crippen molar-refractivity contribution < 1.29 is 14.7 Å². The van der Waals surface area contributed by atoms with Crippen LogP contribution in [-0.4, -0.2) is 34.5 Å². The van der Waals surface area contributed by atoms with Gasteiger partial charge in [0.2, 0.25) is 5.91 Å². The highest BCUT2D eigenvalue weighted by Crippen LogP contribution is 2.33. The lowest BCUT2D eigenvalue weighted by atomic mass is 9.76. The van der Waals surface area contributed by atoms with E-state index in [1.165, 1.54) is 0 Å². The number of carbonyl (C=O) groups excluding carboxylic acids is 1. The molecular weight excluding hydrogens is 218 g/mol. The van der Waals surface area contributed by atoms with Crippen LogP contribution < -0.4 is 0 Å². The van der Waals surface area contributed by atoms with Crippen molar-refractivity contribution in [2.24, 2.45) is 11.3 Å². The molecule has 0 radical (unpaired) electrons. The van der Waals surface area contributed by atoms with Gasteiger partial charge in [0.05, 0.1) is 5.41 Å². The number of likely N-dealkylation sites (tertiary alicyclic amines) is 1. The number of carbonyl (C=O) groups is 2. The van der Waals surface area contributed by atoms with E-state index < -0.39 is 11.4 Å². The minimum atomic E-state index is -0.959. The number of amides is 1. The Kier molecular flexibility index (Phi) is 4.17. The number of carboxylic acid groups (broad SMARTS) is 1. The van der Waals surface area contributed by atoms with Crippen molar-refractivity contribution in [3.05, 3.63) is 0 Å². The summed E-state index contributed by atoms with van der Waals surface area (Å²) in [6.07, 6.45) is 2.15.